The Hall–Kier alpha value is -1.83. The van der Waals surface area contributed by atoms with Crippen LogP contribution in [-0.2, 0) is 9.31 Å². The minimum atomic E-state index is -0.733. The lowest BCUT2D eigenvalue weighted by Gasteiger charge is -2.32. The number of aldehydes is 1. The Balaban J connectivity index is 2.42. The number of carbonyl (C=O) groups excluding carboxylic acids is 1. The van der Waals surface area contributed by atoms with Crippen LogP contribution in [0.4, 0.5) is 0 Å². The molecule has 0 bridgehead atoms. The number of hydrogen-bond acceptors (Lipinski definition) is 6. The van der Waals surface area contributed by atoms with Gasteiger partial charge in [-0.15, -0.1) is 0 Å². The van der Waals surface area contributed by atoms with Gasteiger partial charge in [-0.1, -0.05) is 12.1 Å². The van der Waals surface area contributed by atoms with Crippen molar-refractivity contribution in [2.45, 2.75) is 38.9 Å². The van der Waals surface area contributed by atoms with Crippen molar-refractivity contribution in [2.75, 3.05) is 13.7 Å². The topological polar surface area (TPSA) is 85.2 Å². The highest BCUT2D eigenvalue weighted by Gasteiger charge is 2.52. The largest absolute Gasteiger partial charge is 0.504 e. The van der Waals surface area contributed by atoms with Crippen molar-refractivity contribution in [2.24, 2.45) is 0 Å². The zero-order valence-electron chi connectivity index (χ0n) is 14.6. The van der Waals surface area contributed by atoms with Gasteiger partial charge in [-0.3, -0.25) is 4.79 Å². The lowest BCUT2D eigenvalue weighted by Crippen LogP contribution is -2.41. The molecule has 7 heteroatoms. The fourth-order valence-corrected chi connectivity index (χ4v) is 2.40. The number of ether oxygens (including phenoxy) is 1. The molecule has 130 valence electrons. The summed E-state index contributed by atoms with van der Waals surface area (Å²) in [4.78, 5) is 11.3. The normalized spacial score (nSPS) is 19.4. The van der Waals surface area contributed by atoms with Gasteiger partial charge in [-0.25, -0.2) is 0 Å². The average molecular weight is 334 g/mol. The first-order chi connectivity index (χ1) is 11.2. The van der Waals surface area contributed by atoms with Gasteiger partial charge in [0.15, 0.2) is 17.8 Å². The molecule has 0 saturated carbocycles. The van der Waals surface area contributed by atoms with Crippen LogP contribution in [0, 0.1) is 0 Å². The van der Waals surface area contributed by atoms with Crippen molar-refractivity contribution in [3.05, 3.63) is 28.7 Å². The molecule has 1 heterocycles. The number of aliphatic hydroxyl groups excluding tert-OH is 1. The molecule has 0 unspecified atom stereocenters. The molecule has 0 atom stereocenters. The number of hydrogen-bond donors (Lipinski definition) is 2. The van der Waals surface area contributed by atoms with Gasteiger partial charge in [-0.2, -0.15) is 0 Å². The second-order valence-electron chi connectivity index (χ2n) is 6.70. The summed E-state index contributed by atoms with van der Waals surface area (Å²) in [6.07, 6.45) is 2.13. The lowest BCUT2D eigenvalue weighted by atomic mass is 9.77. The number of phenolic OH excluding ortho intramolecular Hbond substituents is 1. The fraction of sp³-hybridized carbons (Fsp3) is 0.471. The monoisotopic (exact) mass is 334 g/mol. The van der Waals surface area contributed by atoms with E-state index in [4.69, 9.17) is 14.0 Å². The summed E-state index contributed by atoms with van der Waals surface area (Å²) in [6, 6.07) is 3.18. The number of aliphatic hydroxyl groups is 1. The van der Waals surface area contributed by atoms with Crippen LogP contribution in [-0.4, -0.2) is 48.5 Å². The molecule has 24 heavy (non-hydrogen) atoms. The SMILES string of the molecule is COc1ccc(C=C(CO)B2OC(C)(C)C(C)(C)O2)c(C=O)c1O. The van der Waals surface area contributed by atoms with E-state index in [0.717, 1.165) is 0 Å². The molecular formula is C17H23BO6. The molecule has 2 N–H and O–H groups in total. The van der Waals surface area contributed by atoms with Crippen LogP contribution in [0.1, 0.15) is 43.6 Å². The number of methoxy groups -OCH3 is 1. The van der Waals surface area contributed by atoms with Gasteiger partial charge in [0.05, 0.1) is 30.5 Å². The highest BCUT2D eigenvalue weighted by Crippen LogP contribution is 2.39. The molecule has 2 rings (SSSR count). The first-order valence-corrected chi connectivity index (χ1v) is 7.69. The molecule has 0 aromatic heterocycles. The number of aromatic hydroxyl groups is 1. The summed E-state index contributed by atoms with van der Waals surface area (Å²) in [7, 11) is 0.673. The third-order valence-corrected chi connectivity index (χ3v) is 4.63. The Bertz CT molecular complexity index is 649. The molecule has 1 aromatic carbocycles. The van der Waals surface area contributed by atoms with E-state index in [0.29, 0.717) is 17.3 Å². The van der Waals surface area contributed by atoms with E-state index in [-0.39, 0.29) is 23.7 Å². The Morgan fingerprint density at radius 1 is 1.25 bits per heavy atom. The van der Waals surface area contributed by atoms with Gasteiger partial charge in [0.25, 0.3) is 0 Å². The highest BCUT2D eigenvalue weighted by atomic mass is 16.7. The quantitative estimate of drug-likeness (QED) is 0.634. The molecule has 1 aliphatic rings. The number of rotatable bonds is 5. The van der Waals surface area contributed by atoms with E-state index in [1.165, 1.54) is 7.11 Å². The Morgan fingerprint density at radius 3 is 2.29 bits per heavy atom. The van der Waals surface area contributed by atoms with E-state index in [9.17, 15) is 15.0 Å². The predicted octanol–water partition coefficient (Wildman–Crippen LogP) is 2.22. The maximum Gasteiger partial charge on any atom is 0.492 e. The molecule has 1 saturated heterocycles. The van der Waals surface area contributed by atoms with E-state index in [2.05, 4.69) is 0 Å². The minimum absolute atomic E-state index is 0.0804. The third-order valence-electron chi connectivity index (χ3n) is 4.63. The fourth-order valence-electron chi connectivity index (χ4n) is 2.40. The van der Waals surface area contributed by atoms with Crippen LogP contribution in [0.5, 0.6) is 11.5 Å². The minimum Gasteiger partial charge on any atom is -0.504 e. The summed E-state index contributed by atoms with van der Waals surface area (Å²) in [5.74, 6) is -0.0390. The molecule has 0 spiro atoms. The van der Waals surface area contributed by atoms with Gasteiger partial charge in [0.2, 0.25) is 0 Å². The van der Waals surface area contributed by atoms with Gasteiger partial charge < -0.3 is 24.3 Å². The first-order valence-electron chi connectivity index (χ1n) is 7.69. The summed E-state index contributed by atoms with van der Waals surface area (Å²) in [5.41, 5.74) is -0.0941. The zero-order valence-corrected chi connectivity index (χ0v) is 14.6. The maximum absolute atomic E-state index is 11.3. The molecule has 0 amide bonds. The van der Waals surface area contributed by atoms with E-state index in [1.54, 1.807) is 18.2 Å². The van der Waals surface area contributed by atoms with Crippen molar-refractivity contribution >= 4 is 19.5 Å². The maximum atomic E-state index is 11.3. The molecule has 6 nitrogen and oxygen atoms in total. The van der Waals surface area contributed by atoms with Crippen molar-refractivity contribution in [3.8, 4) is 11.5 Å². The highest BCUT2D eigenvalue weighted by molar-refractivity contribution is 6.55. The van der Waals surface area contributed by atoms with Gasteiger partial charge in [0, 0.05) is 0 Å². The standard InChI is InChI=1S/C17H23BO6/c1-16(2)17(3,4)24-18(23-16)12(9-19)8-11-6-7-14(22-5)15(21)13(11)10-20/h6-8,10,19,21H,9H2,1-5H3. The summed E-state index contributed by atoms with van der Waals surface area (Å²) >= 11 is 0. The van der Waals surface area contributed by atoms with Gasteiger partial charge >= 0.3 is 7.12 Å². The van der Waals surface area contributed by atoms with Gasteiger partial charge in [-0.05, 0) is 44.8 Å². The van der Waals surface area contributed by atoms with Crippen LogP contribution in [0.3, 0.4) is 0 Å². The molecule has 1 aliphatic heterocycles. The predicted molar refractivity (Wildman–Crippen MR) is 91.2 cm³/mol. The van der Waals surface area contributed by atoms with Gasteiger partial charge in [0.1, 0.15) is 0 Å². The third kappa shape index (κ3) is 3.20. The summed E-state index contributed by atoms with van der Waals surface area (Å²) in [5, 5.41) is 19.8. The van der Waals surface area contributed by atoms with Crippen molar-refractivity contribution in [3.63, 3.8) is 0 Å². The average Bonchev–Trinajstić information content (AvgIpc) is 2.73. The number of carbonyl (C=O) groups is 1. The molecular weight excluding hydrogens is 311 g/mol. The molecule has 0 aliphatic carbocycles. The summed E-state index contributed by atoms with van der Waals surface area (Å²) < 4.78 is 16.8. The van der Waals surface area contributed by atoms with Crippen LogP contribution in [0.2, 0.25) is 0 Å². The van der Waals surface area contributed by atoms with Crippen molar-refractivity contribution in [1.82, 2.24) is 0 Å². The van der Waals surface area contributed by atoms with Crippen molar-refractivity contribution in [1.29, 1.82) is 0 Å². The van der Waals surface area contributed by atoms with Crippen LogP contribution < -0.4 is 4.74 Å². The lowest BCUT2D eigenvalue weighted by molar-refractivity contribution is 0.00578. The number of benzene rings is 1. The second kappa shape index (κ2) is 6.59. The molecule has 1 aromatic rings. The Labute approximate surface area is 142 Å². The Morgan fingerprint density at radius 2 is 1.83 bits per heavy atom. The zero-order chi connectivity index (χ0) is 18.1. The van der Waals surface area contributed by atoms with Crippen LogP contribution >= 0.6 is 0 Å². The van der Waals surface area contributed by atoms with Crippen LogP contribution in [0.25, 0.3) is 6.08 Å². The van der Waals surface area contributed by atoms with E-state index in [1.807, 2.05) is 27.7 Å². The summed E-state index contributed by atoms with van der Waals surface area (Å²) in [6.45, 7) is 7.36. The first kappa shape index (κ1) is 18.5. The number of phenols is 1. The Kier molecular flexibility index (Phi) is 5.08. The molecule has 0 radical (unpaired) electrons. The molecule has 1 fully saturated rings. The van der Waals surface area contributed by atoms with E-state index < -0.39 is 18.3 Å². The smallest absolute Gasteiger partial charge is 0.492 e. The van der Waals surface area contributed by atoms with E-state index >= 15 is 0 Å². The van der Waals surface area contributed by atoms with Crippen LogP contribution in [0.15, 0.2) is 17.6 Å². The van der Waals surface area contributed by atoms with Crippen molar-refractivity contribution < 1.29 is 29.1 Å². The second-order valence-corrected chi connectivity index (χ2v) is 6.70.